The highest BCUT2D eigenvalue weighted by molar-refractivity contribution is 6.11. The Morgan fingerprint density at radius 3 is 2.52 bits per heavy atom. The number of hydrogen-bond donors (Lipinski definition) is 3. The molecule has 0 aliphatic carbocycles. The number of anilines is 1. The van der Waals surface area contributed by atoms with Crippen molar-refractivity contribution in [1.29, 1.82) is 0 Å². The first-order valence-corrected chi connectivity index (χ1v) is 7.95. The van der Waals surface area contributed by atoms with Gasteiger partial charge in [-0.05, 0) is 22.9 Å². The number of nitrogens with one attached hydrogen (secondary N) is 1. The molecule has 0 saturated carbocycles. The van der Waals surface area contributed by atoms with Crippen LogP contribution < -0.4 is 5.32 Å². The van der Waals surface area contributed by atoms with Crippen molar-refractivity contribution in [3.8, 4) is 0 Å². The monoisotopic (exact) mass is 332 g/mol. The van der Waals surface area contributed by atoms with Crippen LogP contribution in [-0.4, -0.2) is 21.9 Å². The molecular formula is C20H16N2O3. The van der Waals surface area contributed by atoms with E-state index in [0.717, 1.165) is 10.8 Å². The lowest BCUT2D eigenvalue weighted by atomic mass is 9.87. The summed E-state index contributed by atoms with van der Waals surface area (Å²) in [5.41, 5.74) is 0.212. The molecule has 0 radical (unpaired) electrons. The highest BCUT2D eigenvalue weighted by Gasteiger charge is 2.46. The van der Waals surface area contributed by atoms with Gasteiger partial charge in [-0.1, -0.05) is 59.8 Å². The molecule has 25 heavy (non-hydrogen) atoms. The Morgan fingerprint density at radius 1 is 1.00 bits per heavy atom. The van der Waals surface area contributed by atoms with Crippen LogP contribution in [0.15, 0.2) is 71.9 Å². The van der Waals surface area contributed by atoms with Crippen molar-refractivity contribution in [3.05, 3.63) is 77.9 Å². The Kier molecular flexibility index (Phi) is 3.51. The fraction of sp³-hybridized carbons (Fsp3) is 0.100. The second kappa shape index (κ2) is 5.72. The highest BCUT2D eigenvalue weighted by Crippen LogP contribution is 2.39. The van der Waals surface area contributed by atoms with Crippen molar-refractivity contribution in [2.75, 3.05) is 5.32 Å². The lowest BCUT2D eigenvalue weighted by Crippen LogP contribution is -2.36. The van der Waals surface area contributed by atoms with E-state index in [9.17, 15) is 15.1 Å². The summed E-state index contributed by atoms with van der Waals surface area (Å²) in [6, 6.07) is 20.4. The zero-order valence-electron chi connectivity index (χ0n) is 13.3. The molecule has 3 N–H and O–H groups in total. The van der Waals surface area contributed by atoms with Crippen molar-refractivity contribution in [2.45, 2.75) is 12.0 Å². The Bertz CT molecular complexity index is 1010. The van der Waals surface area contributed by atoms with Crippen LogP contribution in [0.2, 0.25) is 0 Å². The molecule has 1 heterocycles. The van der Waals surface area contributed by atoms with E-state index in [1.807, 2.05) is 42.5 Å². The molecule has 1 aliphatic rings. The third-order valence-corrected chi connectivity index (χ3v) is 4.62. The zero-order chi connectivity index (χ0) is 17.4. The SMILES string of the molecule is O=C1Nc2ccccc2C1(O)CC(=NO)c1ccc2ccccc2c1. The van der Waals surface area contributed by atoms with Gasteiger partial charge in [0.25, 0.3) is 5.91 Å². The van der Waals surface area contributed by atoms with Gasteiger partial charge in [-0.25, -0.2) is 0 Å². The van der Waals surface area contributed by atoms with Gasteiger partial charge in [0.1, 0.15) is 0 Å². The number of carbonyl (C=O) groups excluding carboxylic acids is 1. The van der Waals surface area contributed by atoms with Crippen LogP contribution in [0.5, 0.6) is 0 Å². The number of rotatable bonds is 3. The van der Waals surface area contributed by atoms with Crippen LogP contribution in [-0.2, 0) is 10.4 Å². The van der Waals surface area contributed by atoms with Crippen LogP contribution >= 0.6 is 0 Å². The average molecular weight is 332 g/mol. The van der Waals surface area contributed by atoms with Gasteiger partial charge in [0, 0.05) is 23.2 Å². The Morgan fingerprint density at radius 2 is 1.72 bits per heavy atom. The van der Waals surface area contributed by atoms with Crippen molar-refractivity contribution < 1.29 is 15.1 Å². The smallest absolute Gasteiger partial charge is 0.261 e. The summed E-state index contributed by atoms with van der Waals surface area (Å²) in [4.78, 5) is 12.4. The second-order valence-electron chi connectivity index (χ2n) is 6.15. The summed E-state index contributed by atoms with van der Waals surface area (Å²) in [5, 5.41) is 28.6. The summed E-state index contributed by atoms with van der Waals surface area (Å²) in [6.45, 7) is 0. The van der Waals surface area contributed by atoms with Crippen molar-refractivity contribution >= 4 is 28.1 Å². The predicted octanol–water partition coefficient (Wildman–Crippen LogP) is 3.25. The van der Waals surface area contributed by atoms with Crippen LogP contribution in [0.4, 0.5) is 5.69 Å². The zero-order valence-corrected chi connectivity index (χ0v) is 13.3. The van der Waals surface area contributed by atoms with Gasteiger partial charge in [-0.2, -0.15) is 0 Å². The van der Waals surface area contributed by atoms with E-state index in [1.165, 1.54) is 0 Å². The van der Waals surface area contributed by atoms with Crippen LogP contribution in [0.25, 0.3) is 10.8 Å². The molecule has 1 unspecified atom stereocenters. The first-order valence-electron chi connectivity index (χ1n) is 7.95. The molecule has 124 valence electrons. The van der Waals surface area contributed by atoms with Gasteiger partial charge < -0.3 is 15.6 Å². The molecule has 1 amide bonds. The summed E-state index contributed by atoms with van der Waals surface area (Å²) in [5.74, 6) is -0.518. The maximum Gasteiger partial charge on any atom is 0.261 e. The van der Waals surface area contributed by atoms with Crippen LogP contribution in [0.1, 0.15) is 17.5 Å². The molecule has 0 bridgehead atoms. The Hall–Kier alpha value is -3.18. The first-order chi connectivity index (χ1) is 12.1. The summed E-state index contributed by atoms with van der Waals surface area (Å²) in [6.07, 6.45) is -0.120. The van der Waals surface area contributed by atoms with Gasteiger partial charge >= 0.3 is 0 Å². The van der Waals surface area contributed by atoms with Gasteiger partial charge in [0.2, 0.25) is 0 Å². The maximum absolute atomic E-state index is 12.4. The van der Waals surface area contributed by atoms with Gasteiger partial charge in [0.05, 0.1) is 5.71 Å². The van der Waals surface area contributed by atoms with Crippen LogP contribution in [0.3, 0.4) is 0 Å². The molecule has 3 aromatic carbocycles. The standard InChI is InChI=1S/C20H16N2O3/c23-19-20(24,16-7-3-4-8-17(16)21-19)12-18(22-25)15-10-9-13-5-1-2-6-14(13)11-15/h1-11,24-25H,12H2,(H,21,23). The van der Waals surface area contributed by atoms with Crippen molar-refractivity contribution in [2.24, 2.45) is 5.16 Å². The molecule has 0 spiro atoms. The number of hydrogen-bond acceptors (Lipinski definition) is 4. The van der Waals surface area contributed by atoms with E-state index >= 15 is 0 Å². The largest absolute Gasteiger partial charge is 0.411 e. The van der Waals surface area contributed by atoms with Crippen molar-refractivity contribution in [1.82, 2.24) is 0 Å². The number of nitrogens with zero attached hydrogens (tertiary/aromatic N) is 1. The molecule has 0 fully saturated rings. The minimum Gasteiger partial charge on any atom is -0.411 e. The summed E-state index contributed by atoms with van der Waals surface area (Å²) in [7, 11) is 0. The van der Waals surface area contributed by atoms with E-state index in [2.05, 4.69) is 10.5 Å². The molecule has 1 aliphatic heterocycles. The quantitative estimate of drug-likeness (QED) is 0.391. The van der Waals surface area contributed by atoms with Gasteiger partial charge in [-0.15, -0.1) is 0 Å². The molecule has 5 heteroatoms. The lowest BCUT2D eigenvalue weighted by Gasteiger charge is -2.21. The van der Waals surface area contributed by atoms with Crippen molar-refractivity contribution in [3.63, 3.8) is 0 Å². The number of benzene rings is 3. The number of amides is 1. The number of oxime groups is 1. The Labute approximate surface area is 144 Å². The first kappa shape index (κ1) is 15.4. The van der Waals surface area contributed by atoms with Crippen LogP contribution in [0, 0.1) is 0 Å². The molecule has 5 nitrogen and oxygen atoms in total. The van der Waals surface area contributed by atoms with E-state index in [1.54, 1.807) is 24.3 Å². The number of aliphatic hydroxyl groups is 1. The average Bonchev–Trinajstić information content (AvgIpc) is 2.90. The number of para-hydroxylation sites is 1. The molecule has 0 aromatic heterocycles. The highest BCUT2D eigenvalue weighted by atomic mass is 16.4. The fourth-order valence-electron chi connectivity index (χ4n) is 3.28. The van der Waals surface area contributed by atoms with E-state index in [0.29, 0.717) is 16.8 Å². The van der Waals surface area contributed by atoms with E-state index in [4.69, 9.17) is 0 Å². The third-order valence-electron chi connectivity index (χ3n) is 4.62. The van der Waals surface area contributed by atoms with Gasteiger partial charge in [0.15, 0.2) is 5.60 Å². The molecular weight excluding hydrogens is 316 g/mol. The van der Waals surface area contributed by atoms with E-state index in [-0.39, 0.29) is 12.1 Å². The molecule has 4 rings (SSSR count). The number of fused-ring (bicyclic) bond motifs is 2. The minimum atomic E-state index is -1.76. The molecule has 1 atom stereocenters. The lowest BCUT2D eigenvalue weighted by molar-refractivity contribution is -0.132. The Balaban J connectivity index is 1.74. The molecule has 3 aromatic rings. The maximum atomic E-state index is 12.4. The second-order valence-corrected chi connectivity index (χ2v) is 6.15. The van der Waals surface area contributed by atoms with Gasteiger partial charge in [-0.3, -0.25) is 4.79 Å². The minimum absolute atomic E-state index is 0.120. The normalized spacial score (nSPS) is 19.7. The topological polar surface area (TPSA) is 81.9 Å². The summed E-state index contributed by atoms with van der Waals surface area (Å²) >= 11 is 0. The molecule has 0 saturated heterocycles. The summed E-state index contributed by atoms with van der Waals surface area (Å²) < 4.78 is 0. The third kappa shape index (κ3) is 2.45. The number of carbonyl (C=O) groups is 1. The fourth-order valence-corrected chi connectivity index (χ4v) is 3.28. The van der Waals surface area contributed by atoms with E-state index < -0.39 is 11.5 Å². The predicted molar refractivity (Wildman–Crippen MR) is 95.9 cm³/mol.